The van der Waals surface area contributed by atoms with Crippen LogP contribution in [0.1, 0.15) is 21.7 Å². The first kappa shape index (κ1) is 12.7. The molecule has 3 heterocycles. The highest BCUT2D eigenvalue weighted by Crippen LogP contribution is 2.14. The highest BCUT2D eigenvalue weighted by molar-refractivity contribution is 5.92. The van der Waals surface area contributed by atoms with E-state index in [0.29, 0.717) is 25.2 Å². The second-order valence-electron chi connectivity index (χ2n) is 5.12. The Kier molecular flexibility index (Phi) is 3.18. The maximum Gasteiger partial charge on any atom is 0.270 e. The van der Waals surface area contributed by atoms with Crippen LogP contribution < -0.4 is 5.56 Å². The van der Waals surface area contributed by atoms with Crippen molar-refractivity contribution >= 4 is 5.91 Å². The molecule has 1 aliphatic rings. The van der Waals surface area contributed by atoms with Gasteiger partial charge in [0.15, 0.2) is 0 Å². The molecule has 0 fully saturated rings. The third kappa shape index (κ3) is 2.27. The minimum Gasteiger partial charge on any atom is -0.347 e. The molecule has 2 aromatic heterocycles. The molecule has 0 bridgehead atoms. The number of pyridine rings is 1. The van der Waals surface area contributed by atoms with E-state index in [1.807, 2.05) is 40.9 Å². The zero-order chi connectivity index (χ0) is 14.1. The molecule has 1 aliphatic heterocycles. The lowest BCUT2D eigenvalue weighted by Gasteiger charge is -2.20. The van der Waals surface area contributed by atoms with Gasteiger partial charge in [-0.05, 0) is 24.1 Å². The zero-order valence-corrected chi connectivity index (χ0v) is 11.4. The lowest BCUT2D eigenvalue weighted by molar-refractivity contribution is 0.0753. The number of nitrogens with zero attached hydrogens (tertiary/aromatic N) is 2. The largest absolute Gasteiger partial charge is 0.347 e. The first-order valence-corrected chi connectivity index (χ1v) is 6.77. The Labute approximate surface area is 116 Å². The smallest absolute Gasteiger partial charge is 0.270 e. The fraction of sp³-hybridized carbons (Fsp3) is 0.333. The molecule has 0 saturated heterocycles. The van der Waals surface area contributed by atoms with Gasteiger partial charge in [-0.2, -0.15) is 0 Å². The van der Waals surface area contributed by atoms with E-state index in [-0.39, 0.29) is 11.5 Å². The molecular weight excluding hydrogens is 254 g/mol. The normalized spacial score (nSPS) is 14.8. The Hall–Kier alpha value is -2.30. The zero-order valence-electron chi connectivity index (χ0n) is 11.4. The summed E-state index contributed by atoms with van der Waals surface area (Å²) in [5, 5.41) is 0. The fourth-order valence-corrected chi connectivity index (χ4v) is 2.67. The first-order valence-electron chi connectivity index (χ1n) is 6.77. The molecule has 0 unspecified atom stereocenters. The average Bonchev–Trinajstić information content (AvgIpc) is 2.74. The Balaban J connectivity index is 1.81. The van der Waals surface area contributed by atoms with E-state index in [1.54, 1.807) is 6.07 Å². The number of H-pyrrole nitrogens is 1. The molecule has 1 amide bonds. The maximum atomic E-state index is 12.5. The lowest BCUT2D eigenvalue weighted by atomic mass is 10.1. The number of amides is 1. The minimum absolute atomic E-state index is 0.0488. The van der Waals surface area contributed by atoms with Gasteiger partial charge in [0.25, 0.3) is 5.91 Å². The molecule has 0 radical (unpaired) electrons. The van der Waals surface area contributed by atoms with Crippen LogP contribution in [0.15, 0.2) is 35.3 Å². The van der Waals surface area contributed by atoms with E-state index in [2.05, 4.69) is 4.98 Å². The van der Waals surface area contributed by atoms with Crippen LogP contribution in [0.4, 0.5) is 0 Å². The average molecular weight is 271 g/mol. The predicted octanol–water partition coefficient (Wildman–Crippen LogP) is 0.954. The lowest BCUT2D eigenvalue weighted by Crippen LogP contribution is -2.34. The van der Waals surface area contributed by atoms with Crippen molar-refractivity contribution in [2.75, 3.05) is 13.1 Å². The van der Waals surface area contributed by atoms with Gasteiger partial charge in [-0.1, -0.05) is 6.07 Å². The molecule has 5 nitrogen and oxygen atoms in total. The summed E-state index contributed by atoms with van der Waals surface area (Å²) in [5.74, 6) is 0.0488. The summed E-state index contributed by atoms with van der Waals surface area (Å²) in [7, 11) is 1.87. The number of carbonyl (C=O) groups excluding carboxylic acids is 1. The van der Waals surface area contributed by atoms with Crippen LogP contribution in [-0.4, -0.2) is 33.4 Å². The summed E-state index contributed by atoms with van der Waals surface area (Å²) >= 11 is 0. The molecule has 20 heavy (non-hydrogen) atoms. The molecule has 3 rings (SSSR count). The molecule has 104 valence electrons. The van der Waals surface area contributed by atoms with Gasteiger partial charge in [0, 0.05) is 44.5 Å². The van der Waals surface area contributed by atoms with Crippen molar-refractivity contribution in [3.63, 3.8) is 0 Å². The van der Waals surface area contributed by atoms with Crippen LogP contribution >= 0.6 is 0 Å². The molecule has 0 spiro atoms. The monoisotopic (exact) mass is 271 g/mol. The number of aromatic amines is 1. The van der Waals surface area contributed by atoms with E-state index in [1.165, 1.54) is 0 Å². The Morgan fingerprint density at radius 3 is 2.75 bits per heavy atom. The molecule has 0 aliphatic carbocycles. The Morgan fingerprint density at radius 1 is 1.20 bits per heavy atom. The van der Waals surface area contributed by atoms with Crippen LogP contribution in [0.25, 0.3) is 0 Å². The van der Waals surface area contributed by atoms with E-state index < -0.39 is 0 Å². The highest BCUT2D eigenvalue weighted by atomic mass is 16.2. The predicted molar refractivity (Wildman–Crippen MR) is 75.8 cm³/mol. The highest BCUT2D eigenvalue weighted by Gasteiger charge is 2.21. The van der Waals surface area contributed by atoms with Gasteiger partial charge in [0.05, 0.1) is 0 Å². The van der Waals surface area contributed by atoms with Crippen molar-refractivity contribution in [3.05, 3.63) is 57.8 Å². The van der Waals surface area contributed by atoms with Gasteiger partial charge in [-0.3, -0.25) is 9.59 Å². The number of rotatable bonds is 1. The van der Waals surface area contributed by atoms with Gasteiger partial charge in [0.1, 0.15) is 5.69 Å². The second-order valence-corrected chi connectivity index (χ2v) is 5.12. The van der Waals surface area contributed by atoms with Crippen molar-refractivity contribution in [1.29, 1.82) is 0 Å². The Morgan fingerprint density at radius 2 is 2.00 bits per heavy atom. The molecule has 5 heteroatoms. The van der Waals surface area contributed by atoms with E-state index in [4.69, 9.17) is 0 Å². The summed E-state index contributed by atoms with van der Waals surface area (Å²) in [4.78, 5) is 28.6. The van der Waals surface area contributed by atoms with Crippen LogP contribution in [0.3, 0.4) is 0 Å². The quantitative estimate of drug-likeness (QED) is 0.839. The summed E-state index contributed by atoms with van der Waals surface area (Å²) in [6, 6.07) is 7.12. The van der Waals surface area contributed by atoms with Crippen molar-refractivity contribution in [1.82, 2.24) is 14.5 Å². The van der Waals surface area contributed by atoms with Crippen molar-refractivity contribution < 1.29 is 4.79 Å². The molecule has 0 atom stereocenters. The summed E-state index contributed by atoms with van der Waals surface area (Å²) < 4.78 is 1.84. The first-order chi connectivity index (χ1) is 9.65. The van der Waals surface area contributed by atoms with E-state index in [0.717, 1.165) is 17.7 Å². The molecular formula is C15H17N3O2. The van der Waals surface area contributed by atoms with Crippen molar-refractivity contribution in [2.24, 2.45) is 7.05 Å². The number of hydrogen-bond acceptors (Lipinski definition) is 2. The van der Waals surface area contributed by atoms with E-state index >= 15 is 0 Å². The number of carbonyl (C=O) groups is 1. The summed E-state index contributed by atoms with van der Waals surface area (Å²) in [6.45, 7) is 1.32. The van der Waals surface area contributed by atoms with Crippen molar-refractivity contribution in [3.8, 4) is 0 Å². The number of aromatic nitrogens is 2. The SMILES string of the molecule is Cn1cccc1C(=O)N1CCc2ccc(=O)[nH]c2CC1. The summed E-state index contributed by atoms with van der Waals surface area (Å²) in [6.07, 6.45) is 3.35. The van der Waals surface area contributed by atoms with Crippen LogP contribution in [0, 0.1) is 0 Å². The molecule has 2 aromatic rings. The van der Waals surface area contributed by atoms with E-state index in [9.17, 15) is 9.59 Å². The van der Waals surface area contributed by atoms with Gasteiger partial charge < -0.3 is 14.5 Å². The number of nitrogens with one attached hydrogen (secondary N) is 1. The topological polar surface area (TPSA) is 58.1 Å². The van der Waals surface area contributed by atoms with Gasteiger partial charge in [0.2, 0.25) is 5.56 Å². The number of aryl methyl sites for hydroxylation is 1. The van der Waals surface area contributed by atoms with Crippen LogP contribution in [0.2, 0.25) is 0 Å². The number of hydrogen-bond donors (Lipinski definition) is 1. The van der Waals surface area contributed by atoms with Gasteiger partial charge >= 0.3 is 0 Å². The van der Waals surface area contributed by atoms with Gasteiger partial charge in [-0.15, -0.1) is 0 Å². The maximum absolute atomic E-state index is 12.5. The standard InChI is InChI=1S/C15H17N3O2/c1-17-8-2-3-13(17)15(20)18-9-6-11-4-5-14(19)16-12(11)7-10-18/h2-5,8H,6-7,9-10H2,1H3,(H,16,19). The third-order valence-corrected chi connectivity index (χ3v) is 3.83. The van der Waals surface area contributed by atoms with Crippen molar-refractivity contribution in [2.45, 2.75) is 12.8 Å². The molecule has 0 saturated carbocycles. The van der Waals surface area contributed by atoms with Crippen LogP contribution in [0.5, 0.6) is 0 Å². The minimum atomic E-state index is -0.0778. The Bertz CT molecular complexity index is 699. The molecule has 1 N–H and O–H groups in total. The van der Waals surface area contributed by atoms with Crippen LogP contribution in [-0.2, 0) is 19.9 Å². The second kappa shape index (κ2) is 5.00. The summed E-state index contributed by atoms with van der Waals surface area (Å²) in [5.41, 5.74) is 2.71. The number of fused-ring (bicyclic) bond motifs is 1. The fourth-order valence-electron chi connectivity index (χ4n) is 2.67. The third-order valence-electron chi connectivity index (χ3n) is 3.83. The van der Waals surface area contributed by atoms with Gasteiger partial charge in [-0.25, -0.2) is 0 Å². The molecule has 0 aromatic carbocycles.